The van der Waals surface area contributed by atoms with Crippen molar-refractivity contribution in [3.05, 3.63) is 30.2 Å². The van der Waals surface area contributed by atoms with Gasteiger partial charge in [-0.25, -0.2) is 0 Å². The minimum absolute atomic E-state index is 0.427. The van der Waals surface area contributed by atoms with Gasteiger partial charge in [0.05, 0.1) is 19.9 Å². The van der Waals surface area contributed by atoms with Crippen LogP contribution < -0.4 is 20.5 Å². The summed E-state index contributed by atoms with van der Waals surface area (Å²) in [6.07, 6.45) is 2.28. The molecular weight excluding hydrogens is 246 g/mol. The summed E-state index contributed by atoms with van der Waals surface area (Å²) in [5.41, 5.74) is 7.09. The molecule has 0 unspecified atom stereocenters. The highest BCUT2D eigenvalue weighted by atomic mass is 16.5. The lowest BCUT2D eigenvalue weighted by molar-refractivity contribution is 0.355. The summed E-state index contributed by atoms with van der Waals surface area (Å²) in [4.78, 5) is 4.26. The topological polar surface area (TPSA) is 82.5 Å². The summed E-state index contributed by atoms with van der Waals surface area (Å²) < 4.78 is 15.7. The molecule has 1 heterocycles. The second-order valence-electron chi connectivity index (χ2n) is 3.88. The largest absolute Gasteiger partial charge is 0.493 e. The predicted molar refractivity (Wildman–Crippen MR) is 72.1 cm³/mol. The number of aromatic nitrogens is 1. The molecule has 19 heavy (non-hydrogen) atoms. The third-order valence-corrected chi connectivity index (χ3v) is 2.59. The predicted octanol–water partition coefficient (Wildman–Crippen LogP) is 1.94. The summed E-state index contributed by atoms with van der Waals surface area (Å²) >= 11 is 0. The van der Waals surface area contributed by atoms with Gasteiger partial charge in [-0.1, -0.05) is 0 Å². The molecule has 1 aromatic carbocycles. The monoisotopic (exact) mass is 263 g/mol. The van der Waals surface area contributed by atoms with Gasteiger partial charge in [-0.05, 0) is 18.7 Å². The molecule has 6 heteroatoms. The molecule has 0 aliphatic heterocycles. The first-order valence-corrected chi connectivity index (χ1v) is 5.90. The Morgan fingerprint density at radius 1 is 1.26 bits per heavy atom. The second-order valence-corrected chi connectivity index (χ2v) is 3.88. The van der Waals surface area contributed by atoms with Crippen molar-refractivity contribution >= 4 is 11.7 Å². The van der Waals surface area contributed by atoms with Crippen molar-refractivity contribution in [1.29, 1.82) is 0 Å². The van der Waals surface area contributed by atoms with Crippen LogP contribution in [-0.2, 0) is 6.42 Å². The Morgan fingerprint density at radius 2 is 2.05 bits per heavy atom. The molecule has 0 amide bonds. The molecule has 6 nitrogen and oxygen atoms in total. The number of nitrogens with one attached hydrogen (secondary N) is 1. The van der Waals surface area contributed by atoms with Crippen LogP contribution in [0.3, 0.4) is 0 Å². The van der Waals surface area contributed by atoms with Crippen molar-refractivity contribution in [1.82, 2.24) is 4.98 Å². The Kier molecular flexibility index (Phi) is 4.25. The number of oxazole rings is 1. The fraction of sp³-hybridized carbons (Fsp3) is 0.308. The van der Waals surface area contributed by atoms with E-state index in [1.807, 2.05) is 18.2 Å². The molecule has 3 N–H and O–H groups in total. The van der Waals surface area contributed by atoms with Crippen molar-refractivity contribution in [2.24, 2.45) is 5.73 Å². The van der Waals surface area contributed by atoms with Gasteiger partial charge in [0.1, 0.15) is 6.26 Å². The average molecular weight is 263 g/mol. The molecule has 0 saturated carbocycles. The zero-order valence-electron chi connectivity index (χ0n) is 11.0. The van der Waals surface area contributed by atoms with Crippen LogP contribution in [0.15, 0.2) is 28.9 Å². The minimum atomic E-state index is 0.427. The van der Waals surface area contributed by atoms with Crippen LogP contribution in [0.5, 0.6) is 11.5 Å². The van der Waals surface area contributed by atoms with Crippen molar-refractivity contribution in [3.8, 4) is 11.5 Å². The van der Waals surface area contributed by atoms with Crippen LogP contribution in [0, 0.1) is 0 Å². The molecule has 0 spiro atoms. The van der Waals surface area contributed by atoms with Gasteiger partial charge in [-0.3, -0.25) is 0 Å². The highest BCUT2D eigenvalue weighted by Gasteiger charge is 2.07. The quantitative estimate of drug-likeness (QED) is 0.828. The van der Waals surface area contributed by atoms with Crippen LogP contribution in [0.25, 0.3) is 0 Å². The lowest BCUT2D eigenvalue weighted by atomic mass is 10.3. The van der Waals surface area contributed by atoms with Crippen LogP contribution >= 0.6 is 0 Å². The maximum absolute atomic E-state index is 5.46. The van der Waals surface area contributed by atoms with Crippen LogP contribution in [-0.4, -0.2) is 25.7 Å². The summed E-state index contributed by atoms with van der Waals surface area (Å²) in [7, 11) is 3.18. The molecule has 0 fully saturated rings. The third kappa shape index (κ3) is 3.17. The Balaban J connectivity index is 2.13. The van der Waals surface area contributed by atoms with E-state index in [9.17, 15) is 0 Å². The number of ether oxygens (including phenoxy) is 2. The van der Waals surface area contributed by atoms with E-state index in [2.05, 4.69) is 10.3 Å². The molecule has 2 rings (SSSR count). The molecule has 1 aromatic heterocycles. The van der Waals surface area contributed by atoms with E-state index in [0.717, 1.165) is 11.4 Å². The highest BCUT2D eigenvalue weighted by molar-refractivity contribution is 5.59. The number of methoxy groups -OCH3 is 2. The van der Waals surface area contributed by atoms with Crippen LogP contribution in [0.1, 0.15) is 5.69 Å². The third-order valence-electron chi connectivity index (χ3n) is 2.59. The van der Waals surface area contributed by atoms with Gasteiger partial charge < -0.3 is 24.9 Å². The number of hydrogen-bond acceptors (Lipinski definition) is 6. The molecule has 0 bridgehead atoms. The standard InChI is InChI=1S/C13H17N3O3/c1-17-11-4-3-9(7-12(11)18-2)15-13-16-10(5-6-14)8-19-13/h3-4,7-8H,5-6,14H2,1-2H3,(H,15,16). The van der Waals surface area contributed by atoms with Gasteiger partial charge in [0.25, 0.3) is 6.01 Å². The number of nitrogens with two attached hydrogens (primary N) is 1. The first kappa shape index (κ1) is 13.2. The first-order chi connectivity index (χ1) is 9.26. The summed E-state index contributed by atoms with van der Waals surface area (Å²) in [6, 6.07) is 5.90. The zero-order chi connectivity index (χ0) is 13.7. The zero-order valence-corrected chi connectivity index (χ0v) is 11.0. The van der Waals surface area contributed by atoms with Gasteiger partial charge in [0.2, 0.25) is 0 Å². The van der Waals surface area contributed by atoms with Gasteiger partial charge in [0, 0.05) is 18.2 Å². The number of benzene rings is 1. The Morgan fingerprint density at radius 3 is 2.74 bits per heavy atom. The highest BCUT2D eigenvalue weighted by Crippen LogP contribution is 2.30. The Hall–Kier alpha value is -2.21. The first-order valence-electron chi connectivity index (χ1n) is 5.90. The smallest absolute Gasteiger partial charge is 0.299 e. The number of hydrogen-bond donors (Lipinski definition) is 2. The van der Waals surface area contributed by atoms with Gasteiger partial charge in [0.15, 0.2) is 11.5 Å². The molecule has 0 atom stereocenters. The molecule has 2 aromatic rings. The Bertz CT molecular complexity index is 540. The SMILES string of the molecule is COc1ccc(Nc2nc(CCN)co2)cc1OC. The van der Waals surface area contributed by atoms with Crippen molar-refractivity contribution in [2.75, 3.05) is 26.1 Å². The van der Waals surface area contributed by atoms with Gasteiger partial charge >= 0.3 is 0 Å². The van der Waals surface area contributed by atoms with Crippen LogP contribution in [0.4, 0.5) is 11.7 Å². The maximum atomic E-state index is 5.46. The van der Waals surface area contributed by atoms with E-state index in [4.69, 9.17) is 19.6 Å². The average Bonchev–Trinajstić information content (AvgIpc) is 2.86. The normalized spacial score (nSPS) is 10.3. The summed E-state index contributed by atoms with van der Waals surface area (Å²) in [5.74, 6) is 1.31. The number of nitrogens with zero attached hydrogens (tertiary/aromatic N) is 1. The Labute approximate surface area is 111 Å². The molecule has 102 valence electrons. The summed E-state index contributed by atoms with van der Waals surface area (Å²) in [5, 5.41) is 3.05. The second kappa shape index (κ2) is 6.10. The van der Waals surface area contributed by atoms with E-state index >= 15 is 0 Å². The van der Waals surface area contributed by atoms with Gasteiger partial charge in [-0.2, -0.15) is 4.98 Å². The van der Waals surface area contributed by atoms with Crippen molar-refractivity contribution in [2.45, 2.75) is 6.42 Å². The minimum Gasteiger partial charge on any atom is -0.493 e. The van der Waals surface area contributed by atoms with Crippen molar-refractivity contribution in [3.63, 3.8) is 0 Å². The van der Waals surface area contributed by atoms with E-state index in [1.54, 1.807) is 20.5 Å². The molecular formula is C13H17N3O3. The van der Waals surface area contributed by atoms with Crippen LogP contribution in [0.2, 0.25) is 0 Å². The van der Waals surface area contributed by atoms with Crippen molar-refractivity contribution < 1.29 is 13.9 Å². The fourth-order valence-corrected chi connectivity index (χ4v) is 1.66. The van der Waals surface area contributed by atoms with Gasteiger partial charge in [-0.15, -0.1) is 0 Å². The number of rotatable bonds is 6. The lowest BCUT2D eigenvalue weighted by Crippen LogP contribution is -2.02. The lowest BCUT2D eigenvalue weighted by Gasteiger charge is -2.09. The fourth-order valence-electron chi connectivity index (χ4n) is 1.66. The summed E-state index contributed by atoms with van der Waals surface area (Å²) in [6.45, 7) is 0.544. The van der Waals surface area contributed by atoms with E-state index in [-0.39, 0.29) is 0 Å². The number of anilines is 2. The maximum Gasteiger partial charge on any atom is 0.299 e. The van der Waals surface area contributed by atoms with E-state index in [0.29, 0.717) is 30.5 Å². The molecule has 0 aliphatic rings. The van der Waals surface area contributed by atoms with E-state index < -0.39 is 0 Å². The molecule has 0 radical (unpaired) electrons. The van der Waals surface area contributed by atoms with E-state index in [1.165, 1.54) is 0 Å². The molecule has 0 saturated heterocycles. The molecule has 0 aliphatic carbocycles.